The third kappa shape index (κ3) is 4.19. The number of ether oxygens (including phenoxy) is 1. The molecule has 2 rings (SSSR count). The van der Waals surface area contributed by atoms with Crippen LogP contribution in [0.2, 0.25) is 0 Å². The van der Waals surface area contributed by atoms with Crippen molar-refractivity contribution in [3.8, 4) is 5.75 Å². The van der Waals surface area contributed by atoms with Crippen LogP contribution in [-0.2, 0) is 4.79 Å². The summed E-state index contributed by atoms with van der Waals surface area (Å²) in [6.07, 6.45) is 4.69. The van der Waals surface area contributed by atoms with Gasteiger partial charge in [0.25, 0.3) is 5.91 Å². The zero-order valence-electron chi connectivity index (χ0n) is 13.0. The molecule has 6 heteroatoms. The van der Waals surface area contributed by atoms with Gasteiger partial charge >= 0.3 is 5.69 Å². The lowest BCUT2D eigenvalue weighted by Crippen LogP contribution is -2.43. The van der Waals surface area contributed by atoms with E-state index in [1.807, 2.05) is 0 Å². The minimum Gasteiger partial charge on any atom is -0.474 e. The summed E-state index contributed by atoms with van der Waals surface area (Å²) in [6, 6.07) is 4.91. The van der Waals surface area contributed by atoms with Crippen molar-refractivity contribution in [1.29, 1.82) is 0 Å². The van der Waals surface area contributed by atoms with Crippen molar-refractivity contribution >= 4 is 11.6 Å². The number of nitrogens with zero attached hydrogens (tertiary/aromatic N) is 1. The normalized spacial score (nSPS) is 16.8. The molecule has 1 atom stereocenters. The number of hydrogen-bond acceptors (Lipinski definition) is 4. The van der Waals surface area contributed by atoms with Crippen molar-refractivity contribution in [2.24, 2.45) is 0 Å². The van der Waals surface area contributed by atoms with E-state index in [0.29, 0.717) is 0 Å². The van der Waals surface area contributed by atoms with E-state index < -0.39 is 11.0 Å². The van der Waals surface area contributed by atoms with E-state index in [0.717, 1.165) is 31.2 Å². The maximum absolute atomic E-state index is 12.2. The molecule has 0 heterocycles. The molecule has 0 aromatic heterocycles. The van der Waals surface area contributed by atoms with E-state index >= 15 is 0 Å². The van der Waals surface area contributed by atoms with Crippen LogP contribution in [0.4, 0.5) is 5.69 Å². The Kier molecular flexibility index (Phi) is 5.35. The zero-order valence-corrected chi connectivity index (χ0v) is 13.0. The summed E-state index contributed by atoms with van der Waals surface area (Å²) in [6.45, 7) is 3.39. The van der Waals surface area contributed by atoms with E-state index in [2.05, 4.69) is 5.32 Å². The number of carbonyl (C=O) groups excluding carboxylic acids is 1. The minimum absolute atomic E-state index is 0.114. The van der Waals surface area contributed by atoms with Crippen LogP contribution in [-0.4, -0.2) is 23.0 Å². The Balaban J connectivity index is 2.00. The second-order valence-electron chi connectivity index (χ2n) is 5.83. The molecule has 0 radical (unpaired) electrons. The SMILES string of the molecule is Cc1ccc(O[C@@H](C)C(=O)NC2CCCCC2)c([N+](=O)[O-])c1. The van der Waals surface area contributed by atoms with Crippen molar-refractivity contribution in [3.05, 3.63) is 33.9 Å². The van der Waals surface area contributed by atoms with E-state index in [4.69, 9.17) is 4.74 Å². The van der Waals surface area contributed by atoms with Gasteiger partial charge in [-0.05, 0) is 38.3 Å². The maximum atomic E-state index is 12.2. The maximum Gasteiger partial charge on any atom is 0.311 e. The summed E-state index contributed by atoms with van der Waals surface area (Å²) in [5, 5.41) is 14.0. The Morgan fingerprint density at radius 2 is 2.05 bits per heavy atom. The van der Waals surface area contributed by atoms with E-state index in [-0.39, 0.29) is 23.4 Å². The largest absolute Gasteiger partial charge is 0.474 e. The van der Waals surface area contributed by atoms with Gasteiger partial charge in [-0.1, -0.05) is 25.3 Å². The van der Waals surface area contributed by atoms with Crippen LogP contribution >= 0.6 is 0 Å². The molecule has 0 saturated heterocycles. The van der Waals surface area contributed by atoms with Gasteiger partial charge in [0, 0.05) is 12.1 Å². The quantitative estimate of drug-likeness (QED) is 0.669. The number of aryl methyl sites for hydroxylation is 1. The number of carbonyl (C=O) groups is 1. The lowest BCUT2D eigenvalue weighted by Gasteiger charge is -2.24. The van der Waals surface area contributed by atoms with E-state index in [9.17, 15) is 14.9 Å². The molecule has 0 unspecified atom stereocenters. The lowest BCUT2D eigenvalue weighted by atomic mass is 9.95. The fourth-order valence-electron chi connectivity index (χ4n) is 2.68. The fraction of sp³-hybridized carbons (Fsp3) is 0.562. The van der Waals surface area contributed by atoms with Gasteiger partial charge in [0.15, 0.2) is 11.9 Å². The second-order valence-corrected chi connectivity index (χ2v) is 5.83. The average Bonchev–Trinajstić information content (AvgIpc) is 2.49. The molecule has 120 valence electrons. The van der Waals surface area contributed by atoms with Crippen molar-refractivity contribution in [2.45, 2.75) is 58.1 Å². The second kappa shape index (κ2) is 7.24. The van der Waals surface area contributed by atoms with Crippen LogP contribution in [0.1, 0.15) is 44.6 Å². The Morgan fingerprint density at radius 3 is 2.68 bits per heavy atom. The Labute approximate surface area is 130 Å². The van der Waals surface area contributed by atoms with Crippen molar-refractivity contribution in [1.82, 2.24) is 5.32 Å². The third-order valence-electron chi connectivity index (χ3n) is 3.94. The van der Waals surface area contributed by atoms with Crippen molar-refractivity contribution in [2.75, 3.05) is 0 Å². The highest BCUT2D eigenvalue weighted by atomic mass is 16.6. The number of nitro groups is 1. The van der Waals surface area contributed by atoms with Gasteiger partial charge in [-0.3, -0.25) is 14.9 Å². The van der Waals surface area contributed by atoms with Crippen LogP contribution in [0.3, 0.4) is 0 Å². The lowest BCUT2D eigenvalue weighted by molar-refractivity contribution is -0.386. The van der Waals surface area contributed by atoms with Crippen LogP contribution in [0.5, 0.6) is 5.75 Å². The molecule has 1 aliphatic rings. The van der Waals surface area contributed by atoms with Gasteiger partial charge in [-0.25, -0.2) is 0 Å². The van der Waals surface area contributed by atoms with Crippen LogP contribution < -0.4 is 10.1 Å². The molecule has 0 bridgehead atoms. The van der Waals surface area contributed by atoms with E-state index in [1.165, 1.54) is 18.6 Å². The highest BCUT2D eigenvalue weighted by molar-refractivity contribution is 5.81. The number of benzene rings is 1. The Morgan fingerprint density at radius 1 is 1.36 bits per heavy atom. The first-order valence-electron chi connectivity index (χ1n) is 7.69. The number of rotatable bonds is 5. The Bertz CT molecular complexity index is 553. The number of nitro benzene ring substituents is 1. The standard InChI is InChI=1S/C16H22N2O4/c1-11-8-9-15(14(10-11)18(20)21)22-12(2)16(19)17-13-6-4-3-5-7-13/h8-10,12-13H,3-7H2,1-2H3,(H,17,19)/t12-/m0/s1. The molecular weight excluding hydrogens is 284 g/mol. The monoisotopic (exact) mass is 306 g/mol. The van der Waals surface area contributed by atoms with Gasteiger partial charge < -0.3 is 10.1 Å². The summed E-state index contributed by atoms with van der Waals surface area (Å²) in [5.74, 6) is -0.0938. The molecule has 22 heavy (non-hydrogen) atoms. The number of amides is 1. The van der Waals surface area contributed by atoms with Crippen molar-refractivity contribution < 1.29 is 14.5 Å². The molecule has 1 aromatic carbocycles. The molecule has 0 aliphatic heterocycles. The topological polar surface area (TPSA) is 81.5 Å². The van der Waals surface area contributed by atoms with Crippen LogP contribution in [0, 0.1) is 17.0 Å². The third-order valence-corrected chi connectivity index (χ3v) is 3.94. The number of nitrogens with one attached hydrogen (secondary N) is 1. The molecule has 1 fully saturated rings. The van der Waals surface area contributed by atoms with Gasteiger partial charge in [0.1, 0.15) is 0 Å². The highest BCUT2D eigenvalue weighted by Gasteiger charge is 2.23. The van der Waals surface area contributed by atoms with Crippen LogP contribution in [0.15, 0.2) is 18.2 Å². The molecule has 1 aliphatic carbocycles. The first-order valence-corrected chi connectivity index (χ1v) is 7.69. The molecule has 1 aromatic rings. The molecule has 1 amide bonds. The molecule has 0 spiro atoms. The smallest absolute Gasteiger partial charge is 0.311 e. The van der Waals surface area contributed by atoms with E-state index in [1.54, 1.807) is 19.9 Å². The molecular formula is C16H22N2O4. The van der Waals surface area contributed by atoms with Gasteiger partial charge in [-0.2, -0.15) is 0 Å². The average molecular weight is 306 g/mol. The first kappa shape index (κ1) is 16.3. The predicted octanol–water partition coefficient (Wildman–Crippen LogP) is 3.12. The molecule has 1 N–H and O–H groups in total. The predicted molar refractivity (Wildman–Crippen MR) is 82.9 cm³/mol. The summed E-state index contributed by atoms with van der Waals surface area (Å²) in [5.41, 5.74) is 0.663. The summed E-state index contributed by atoms with van der Waals surface area (Å²) in [7, 11) is 0. The molecule has 6 nitrogen and oxygen atoms in total. The fourth-order valence-corrected chi connectivity index (χ4v) is 2.68. The van der Waals surface area contributed by atoms with Gasteiger partial charge in [0.05, 0.1) is 4.92 Å². The first-order chi connectivity index (χ1) is 10.5. The number of hydrogen-bond donors (Lipinski definition) is 1. The summed E-state index contributed by atoms with van der Waals surface area (Å²) >= 11 is 0. The molecule has 1 saturated carbocycles. The highest BCUT2D eigenvalue weighted by Crippen LogP contribution is 2.28. The van der Waals surface area contributed by atoms with Crippen molar-refractivity contribution in [3.63, 3.8) is 0 Å². The summed E-state index contributed by atoms with van der Waals surface area (Å²) in [4.78, 5) is 22.7. The van der Waals surface area contributed by atoms with Gasteiger partial charge in [-0.15, -0.1) is 0 Å². The van der Waals surface area contributed by atoms with Gasteiger partial charge in [0.2, 0.25) is 0 Å². The Hall–Kier alpha value is -2.11. The summed E-state index contributed by atoms with van der Waals surface area (Å²) < 4.78 is 5.51. The minimum atomic E-state index is -0.761. The zero-order chi connectivity index (χ0) is 16.1. The van der Waals surface area contributed by atoms with Crippen LogP contribution in [0.25, 0.3) is 0 Å².